The first kappa shape index (κ1) is 14.3. The summed E-state index contributed by atoms with van der Waals surface area (Å²) in [5, 5.41) is 0. The van der Waals surface area contributed by atoms with E-state index in [2.05, 4.69) is 18.9 Å². The van der Waals surface area contributed by atoms with Crippen LogP contribution >= 0.6 is 0 Å². The second-order valence-corrected chi connectivity index (χ2v) is 6.03. The van der Waals surface area contributed by atoms with Crippen LogP contribution in [0, 0.1) is 5.92 Å². The van der Waals surface area contributed by atoms with E-state index >= 15 is 0 Å². The first-order chi connectivity index (χ1) is 8.66. The number of nitrogens with two attached hydrogens (primary N) is 1. The number of likely N-dealkylation sites (N-methyl/N-ethyl adjacent to an activating group) is 1. The molecule has 0 aliphatic carbocycles. The van der Waals surface area contributed by atoms with E-state index in [0.29, 0.717) is 12.0 Å². The molecule has 2 fully saturated rings. The van der Waals surface area contributed by atoms with Gasteiger partial charge in [0.15, 0.2) is 0 Å². The highest BCUT2D eigenvalue weighted by Crippen LogP contribution is 2.30. The van der Waals surface area contributed by atoms with Crippen molar-refractivity contribution in [1.29, 1.82) is 0 Å². The van der Waals surface area contributed by atoms with E-state index in [9.17, 15) is 0 Å². The second kappa shape index (κ2) is 6.33. The fourth-order valence-electron chi connectivity index (χ4n) is 3.37. The van der Waals surface area contributed by atoms with Gasteiger partial charge in [0.1, 0.15) is 0 Å². The standard InChI is InChI=1S/C14H28N2O2/c1-12-8-14(11-15,5-7-18-12)16(2)9-13-4-3-6-17-10-13/h12-13H,3-11,15H2,1-2H3. The smallest absolute Gasteiger partial charge is 0.0565 e. The van der Waals surface area contributed by atoms with Crippen molar-refractivity contribution >= 4 is 0 Å². The van der Waals surface area contributed by atoms with Gasteiger partial charge >= 0.3 is 0 Å². The molecule has 2 rings (SSSR count). The molecule has 0 aromatic heterocycles. The van der Waals surface area contributed by atoms with Gasteiger partial charge in [-0.25, -0.2) is 0 Å². The quantitative estimate of drug-likeness (QED) is 0.822. The fourth-order valence-corrected chi connectivity index (χ4v) is 3.37. The molecule has 0 spiro atoms. The molecule has 0 radical (unpaired) electrons. The van der Waals surface area contributed by atoms with Gasteiger partial charge in [0.25, 0.3) is 0 Å². The van der Waals surface area contributed by atoms with Crippen LogP contribution < -0.4 is 5.73 Å². The molecule has 4 nitrogen and oxygen atoms in total. The molecular formula is C14H28N2O2. The third-order valence-electron chi connectivity index (χ3n) is 4.61. The predicted octanol–water partition coefficient (Wildman–Crippen LogP) is 1.24. The van der Waals surface area contributed by atoms with Crippen LogP contribution in [0.2, 0.25) is 0 Å². The van der Waals surface area contributed by atoms with Gasteiger partial charge in [-0.05, 0) is 45.6 Å². The SMILES string of the molecule is CC1CC(CN)(N(C)CC2CCCOC2)CCO1. The normalized spacial score (nSPS) is 38.0. The van der Waals surface area contributed by atoms with E-state index in [1.165, 1.54) is 12.8 Å². The molecule has 3 unspecified atom stereocenters. The van der Waals surface area contributed by atoms with Gasteiger partial charge in [-0.2, -0.15) is 0 Å². The highest BCUT2D eigenvalue weighted by Gasteiger charge is 2.38. The summed E-state index contributed by atoms with van der Waals surface area (Å²) in [6.07, 6.45) is 4.92. The molecule has 2 aliphatic rings. The summed E-state index contributed by atoms with van der Waals surface area (Å²) in [5.74, 6) is 0.672. The van der Waals surface area contributed by atoms with Gasteiger partial charge in [0.2, 0.25) is 0 Å². The number of rotatable bonds is 4. The topological polar surface area (TPSA) is 47.7 Å². The van der Waals surface area contributed by atoms with E-state index in [0.717, 1.165) is 45.8 Å². The Hall–Kier alpha value is -0.160. The molecule has 0 amide bonds. The molecule has 0 aromatic rings. The summed E-state index contributed by atoms with van der Waals surface area (Å²) in [4.78, 5) is 2.48. The lowest BCUT2D eigenvalue weighted by Crippen LogP contribution is -2.58. The van der Waals surface area contributed by atoms with Crippen molar-refractivity contribution in [2.24, 2.45) is 11.7 Å². The monoisotopic (exact) mass is 256 g/mol. The van der Waals surface area contributed by atoms with Crippen LogP contribution in [0.1, 0.15) is 32.6 Å². The lowest BCUT2D eigenvalue weighted by molar-refractivity contribution is -0.0657. The highest BCUT2D eigenvalue weighted by molar-refractivity contribution is 4.95. The molecule has 0 saturated carbocycles. The minimum atomic E-state index is 0.134. The van der Waals surface area contributed by atoms with Crippen molar-refractivity contribution in [3.63, 3.8) is 0 Å². The summed E-state index contributed by atoms with van der Waals surface area (Å²) >= 11 is 0. The first-order valence-electron chi connectivity index (χ1n) is 7.27. The van der Waals surface area contributed by atoms with Crippen molar-refractivity contribution in [3.8, 4) is 0 Å². The van der Waals surface area contributed by atoms with Crippen LogP contribution in [0.3, 0.4) is 0 Å². The van der Waals surface area contributed by atoms with E-state index in [4.69, 9.17) is 15.2 Å². The number of ether oxygens (including phenoxy) is 2. The Labute approximate surface area is 111 Å². The second-order valence-electron chi connectivity index (χ2n) is 6.03. The van der Waals surface area contributed by atoms with Crippen molar-refractivity contribution < 1.29 is 9.47 Å². The average molecular weight is 256 g/mol. The summed E-state index contributed by atoms with van der Waals surface area (Å²) in [5.41, 5.74) is 6.21. The Balaban J connectivity index is 1.93. The molecular weight excluding hydrogens is 228 g/mol. The molecule has 2 heterocycles. The van der Waals surface area contributed by atoms with Crippen LogP contribution in [0.15, 0.2) is 0 Å². The zero-order valence-corrected chi connectivity index (χ0v) is 11.9. The van der Waals surface area contributed by atoms with Gasteiger partial charge in [-0.1, -0.05) is 0 Å². The summed E-state index contributed by atoms with van der Waals surface area (Å²) in [6.45, 7) is 6.67. The Morgan fingerprint density at radius 3 is 2.83 bits per heavy atom. The van der Waals surface area contributed by atoms with Crippen LogP contribution in [-0.4, -0.2) is 56.5 Å². The number of nitrogens with zero attached hydrogens (tertiary/aromatic N) is 1. The van der Waals surface area contributed by atoms with Gasteiger partial charge < -0.3 is 15.2 Å². The van der Waals surface area contributed by atoms with Gasteiger partial charge in [-0.3, -0.25) is 4.90 Å². The minimum Gasteiger partial charge on any atom is -0.381 e. The van der Waals surface area contributed by atoms with E-state index in [-0.39, 0.29) is 5.54 Å². The molecule has 0 aromatic carbocycles. The van der Waals surface area contributed by atoms with Gasteiger partial charge in [0, 0.05) is 31.8 Å². The highest BCUT2D eigenvalue weighted by atomic mass is 16.5. The molecule has 106 valence electrons. The maximum atomic E-state index is 6.08. The maximum absolute atomic E-state index is 6.08. The third-order valence-corrected chi connectivity index (χ3v) is 4.61. The van der Waals surface area contributed by atoms with Crippen LogP contribution in [0.5, 0.6) is 0 Å². The summed E-state index contributed by atoms with van der Waals surface area (Å²) < 4.78 is 11.2. The summed E-state index contributed by atoms with van der Waals surface area (Å²) in [7, 11) is 2.22. The van der Waals surface area contributed by atoms with Crippen LogP contribution in [0.25, 0.3) is 0 Å². The molecule has 2 N–H and O–H groups in total. The fraction of sp³-hybridized carbons (Fsp3) is 1.00. The van der Waals surface area contributed by atoms with Crippen molar-refractivity contribution in [2.45, 2.75) is 44.2 Å². The summed E-state index contributed by atoms with van der Waals surface area (Å²) in [6, 6.07) is 0. The van der Waals surface area contributed by atoms with Crippen molar-refractivity contribution in [2.75, 3.05) is 40.0 Å². The Kier molecular flexibility index (Phi) is 5.01. The van der Waals surface area contributed by atoms with E-state index < -0.39 is 0 Å². The Morgan fingerprint density at radius 2 is 2.22 bits per heavy atom. The van der Waals surface area contributed by atoms with Gasteiger partial charge in [0.05, 0.1) is 12.7 Å². The van der Waals surface area contributed by atoms with E-state index in [1.807, 2.05) is 0 Å². The zero-order valence-electron chi connectivity index (χ0n) is 11.9. The molecule has 2 aliphatic heterocycles. The van der Waals surface area contributed by atoms with E-state index in [1.54, 1.807) is 0 Å². The largest absolute Gasteiger partial charge is 0.381 e. The lowest BCUT2D eigenvalue weighted by Gasteiger charge is -2.47. The number of hydrogen-bond donors (Lipinski definition) is 1. The lowest BCUT2D eigenvalue weighted by atomic mass is 9.84. The van der Waals surface area contributed by atoms with Crippen molar-refractivity contribution in [3.05, 3.63) is 0 Å². The zero-order chi connectivity index (χ0) is 13.0. The molecule has 2 saturated heterocycles. The molecule has 18 heavy (non-hydrogen) atoms. The number of hydrogen-bond acceptors (Lipinski definition) is 4. The van der Waals surface area contributed by atoms with Crippen LogP contribution in [0.4, 0.5) is 0 Å². The Bertz CT molecular complexity index is 256. The van der Waals surface area contributed by atoms with Crippen molar-refractivity contribution in [1.82, 2.24) is 4.90 Å². The predicted molar refractivity (Wildman–Crippen MR) is 72.6 cm³/mol. The Morgan fingerprint density at radius 1 is 1.39 bits per heavy atom. The molecule has 4 heteroatoms. The molecule has 3 atom stereocenters. The minimum absolute atomic E-state index is 0.134. The molecule has 0 bridgehead atoms. The van der Waals surface area contributed by atoms with Gasteiger partial charge in [-0.15, -0.1) is 0 Å². The maximum Gasteiger partial charge on any atom is 0.0565 e. The average Bonchev–Trinajstić information content (AvgIpc) is 2.39. The first-order valence-corrected chi connectivity index (χ1v) is 7.27. The van der Waals surface area contributed by atoms with Crippen LogP contribution in [-0.2, 0) is 9.47 Å². The third kappa shape index (κ3) is 3.23.